The number of carbonyl (C=O) groups is 1. The number of fused-ring (bicyclic) bond motifs is 1. The Morgan fingerprint density at radius 1 is 1.41 bits per heavy atom. The Labute approximate surface area is 166 Å². The molecule has 2 atom stereocenters. The van der Waals surface area contributed by atoms with E-state index in [1.165, 1.54) is 23.1 Å². The monoisotopic (exact) mass is 405 g/mol. The smallest absolute Gasteiger partial charge is 0.315 e. The van der Waals surface area contributed by atoms with Crippen LogP contribution in [0.2, 0.25) is 0 Å². The average Bonchev–Trinajstić information content (AvgIpc) is 3.15. The van der Waals surface area contributed by atoms with Crippen molar-refractivity contribution in [1.82, 2.24) is 9.97 Å². The summed E-state index contributed by atoms with van der Waals surface area (Å²) in [7, 11) is 0. The fourth-order valence-corrected chi connectivity index (χ4v) is 4.97. The van der Waals surface area contributed by atoms with Gasteiger partial charge in [-0.3, -0.25) is 9.59 Å². The highest BCUT2D eigenvalue weighted by atomic mass is 32.2. The van der Waals surface area contributed by atoms with Gasteiger partial charge >= 0.3 is 5.97 Å². The first kappa shape index (κ1) is 19.8. The predicted molar refractivity (Wildman–Crippen MR) is 110 cm³/mol. The zero-order valence-corrected chi connectivity index (χ0v) is 17.3. The number of H-pyrrole nitrogens is 1. The fourth-order valence-electron chi connectivity index (χ4n) is 3.16. The van der Waals surface area contributed by atoms with Crippen molar-refractivity contribution in [2.45, 2.75) is 44.7 Å². The molecule has 1 aliphatic heterocycles. The molecule has 144 valence electrons. The second-order valence-electron chi connectivity index (χ2n) is 6.29. The third-order valence-electron chi connectivity index (χ3n) is 4.42. The first-order valence-electron chi connectivity index (χ1n) is 9.09. The summed E-state index contributed by atoms with van der Waals surface area (Å²) in [5.74, 6) is -0.0985. The first-order valence-corrected chi connectivity index (χ1v) is 11.0. The lowest BCUT2D eigenvalue weighted by molar-refractivity contribution is -0.146. The van der Waals surface area contributed by atoms with E-state index < -0.39 is 11.8 Å². The molecule has 8 heteroatoms. The predicted octanol–water partition coefficient (Wildman–Crippen LogP) is 4.14. The highest BCUT2D eigenvalue weighted by Gasteiger charge is 2.41. The van der Waals surface area contributed by atoms with Gasteiger partial charge in [-0.05, 0) is 31.7 Å². The first-order chi connectivity index (χ1) is 13.1. The standard InChI is InChI=1S/C19H23N3O3S2/c1-4-6-9-27-19-21-16-15(17(23)22-19)14(12-8-7-10-26-12)13(11(3)20-16)18(24)25-5-2/h7-8,10,13-14H,4-6,9H2,1-3H3,(H,21,22,23). The number of esters is 1. The number of thioether (sulfide) groups is 1. The van der Waals surface area contributed by atoms with Gasteiger partial charge in [-0.25, -0.2) is 9.98 Å². The maximum Gasteiger partial charge on any atom is 0.315 e. The van der Waals surface area contributed by atoms with Crippen LogP contribution < -0.4 is 5.56 Å². The second-order valence-corrected chi connectivity index (χ2v) is 8.35. The summed E-state index contributed by atoms with van der Waals surface area (Å²) in [5, 5.41) is 2.51. The molecule has 2 aromatic rings. The maximum atomic E-state index is 12.9. The van der Waals surface area contributed by atoms with Crippen molar-refractivity contribution in [3.8, 4) is 0 Å². The van der Waals surface area contributed by atoms with Gasteiger partial charge in [-0.15, -0.1) is 11.3 Å². The van der Waals surface area contributed by atoms with Gasteiger partial charge in [0.1, 0.15) is 5.92 Å². The molecule has 1 aliphatic rings. The number of aromatic nitrogens is 2. The lowest BCUT2D eigenvalue weighted by Crippen LogP contribution is -2.36. The topological polar surface area (TPSA) is 84.4 Å². The van der Waals surface area contributed by atoms with E-state index in [2.05, 4.69) is 21.9 Å². The number of hydrogen-bond acceptors (Lipinski definition) is 7. The summed E-state index contributed by atoms with van der Waals surface area (Å²) in [6, 6.07) is 3.85. The lowest BCUT2D eigenvalue weighted by Gasteiger charge is -2.29. The van der Waals surface area contributed by atoms with Gasteiger partial charge in [-0.2, -0.15) is 0 Å². The summed E-state index contributed by atoms with van der Waals surface area (Å²) in [6.07, 6.45) is 2.14. The molecule has 0 saturated carbocycles. The highest BCUT2D eigenvalue weighted by molar-refractivity contribution is 7.99. The number of ether oxygens (including phenoxy) is 1. The van der Waals surface area contributed by atoms with Crippen LogP contribution in [0.5, 0.6) is 0 Å². The zero-order valence-electron chi connectivity index (χ0n) is 15.7. The van der Waals surface area contributed by atoms with Crippen LogP contribution in [-0.4, -0.2) is 34.0 Å². The Morgan fingerprint density at radius 2 is 2.22 bits per heavy atom. The van der Waals surface area contributed by atoms with E-state index in [1.54, 1.807) is 13.8 Å². The van der Waals surface area contributed by atoms with Gasteiger partial charge in [0.15, 0.2) is 11.0 Å². The molecule has 0 aliphatic carbocycles. The molecule has 0 radical (unpaired) electrons. The molecule has 0 amide bonds. The Kier molecular flexibility index (Phi) is 6.49. The normalized spacial score (nSPS) is 18.7. The molecular formula is C19H23N3O3S2. The number of hydrogen-bond donors (Lipinski definition) is 1. The van der Waals surface area contributed by atoms with E-state index in [9.17, 15) is 9.59 Å². The Hall–Kier alpha value is -1.93. The van der Waals surface area contributed by atoms with Crippen molar-refractivity contribution in [2.75, 3.05) is 12.4 Å². The van der Waals surface area contributed by atoms with Crippen LogP contribution in [0.1, 0.15) is 50.0 Å². The number of thiophene rings is 1. The van der Waals surface area contributed by atoms with Crippen molar-refractivity contribution < 1.29 is 9.53 Å². The molecule has 6 nitrogen and oxygen atoms in total. The summed E-state index contributed by atoms with van der Waals surface area (Å²) < 4.78 is 5.27. The van der Waals surface area contributed by atoms with Gasteiger partial charge in [0.2, 0.25) is 0 Å². The molecule has 0 saturated heterocycles. The molecule has 0 spiro atoms. The Balaban J connectivity index is 2.08. The van der Waals surface area contributed by atoms with Crippen LogP contribution in [-0.2, 0) is 9.53 Å². The van der Waals surface area contributed by atoms with E-state index in [0.717, 1.165) is 23.5 Å². The van der Waals surface area contributed by atoms with Gasteiger partial charge in [-0.1, -0.05) is 31.2 Å². The zero-order chi connectivity index (χ0) is 19.4. The van der Waals surface area contributed by atoms with Crippen molar-refractivity contribution >= 4 is 40.6 Å². The maximum absolute atomic E-state index is 12.9. The van der Waals surface area contributed by atoms with E-state index in [4.69, 9.17) is 4.74 Å². The summed E-state index contributed by atoms with van der Waals surface area (Å²) >= 11 is 3.04. The van der Waals surface area contributed by atoms with Crippen molar-refractivity contribution in [2.24, 2.45) is 10.9 Å². The minimum Gasteiger partial charge on any atom is -0.465 e. The van der Waals surface area contributed by atoms with E-state index in [1.807, 2.05) is 17.5 Å². The SMILES string of the molecule is CCCCSc1nc2c(c(=O)[nH]1)C(c1cccs1)C(C(=O)OCC)C(C)=N2. The number of unbranched alkanes of at least 4 members (excludes halogenated alkanes) is 1. The summed E-state index contributed by atoms with van der Waals surface area (Å²) in [6.45, 7) is 5.99. The van der Waals surface area contributed by atoms with Gasteiger partial charge in [0.25, 0.3) is 5.56 Å². The largest absolute Gasteiger partial charge is 0.465 e. The molecular weight excluding hydrogens is 382 g/mol. The Morgan fingerprint density at radius 3 is 2.89 bits per heavy atom. The number of nitrogens with one attached hydrogen (secondary N) is 1. The number of rotatable bonds is 7. The van der Waals surface area contributed by atoms with Gasteiger partial charge in [0.05, 0.1) is 12.2 Å². The third-order valence-corrected chi connectivity index (χ3v) is 6.33. The fraction of sp³-hybridized carbons (Fsp3) is 0.474. The minimum atomic E-state index is -0.613. The van der Waals surface area contributed by atoms with E-state index >= 15 is 0 Å². The molecule has 3 rings (SSSR count). The number of carbonyl (C=O) groups excluding carboxylic acids is 1. The molecule has 0 aromatic carbocycles. The number of aliphatic imine (C=N–C) groups is 1. The van der Waals surface area contributed by atoms with Crippen molar-refractivity contribution in [3.63, 3.8) is 0 Å². The van der Waals surface area contributed by atoms with Crippen LogP contribution in [0.3, 0.4) is 0 Å². The highest BCUT2D eigenvalue weighted by Crippen LogP contribution is 2.42. The van der Waals surface area contributed by atoms with Crippen LogP contribution in [0.15, 0.2) is 32.5 Å². The molecule has 1 N–H and O–H groups in total. The van der Waals surface area contributed by atoms with Crippen LogP contribution in [0, 0.1) is 5.92 Å². The quantitative estimate of drug-likeness (QED) is 0.324. The molecule has 0 bridgehead atoms. The summed E-state index contributed by atoms with van der Waals surface area (Å²) in [5.41, 5.74) is 0.839. The molecule has 0 fully saturated rings. The average molecular weight is 406 g/mol. The van der Waals surface area contributed by atoms with E-state index in [0.29, 0.717) is 22.2 Å². The van der Waals surface area contributed by atoms with Gasteiger partial charge < -0.3 is 9.72 Å². The number of nitrogens with zero attached hydrogens (tertiary/aromatic N) is 2. The molecule has 2 unspecified atom stereocenters. The number of aromatic amines is 1. The molecule has 2 aromatic heterocycles. The van der Waals surface area contributed by atoms with Crippen molar-refractivity contribution in [3.05, 3.63) is 38.3 Å². The van der Waals surface area contributed by atoms with Crippen LogP contribution >= 0.6 is 23.1 Å². The Bertz CT molecular complexity index is 890. The van der Waals surface area contributed by atoms with E-state index in [-0.39, 0.29) is 18.1 Å². The molecule has 3 heterocycles. The lowest BCUT2D eigenvalue weighted by atomic mass is 9.80. The minimum absolute atomic E-state index is 0.233. The summed E-state index contributed by atoms with van der Waals surface area (Å²) in [4.78, 5) is 38.5. The third kappa shape index (κ3) is 4.16. The second kappa shape index (κ2) is 8.84. The van der Waals surface area contributed by atoms with Crippen LogP contribution in [0.4, 0.5) is 5.82 Å². The van der Waals surface area contributed by atoms with Gasteiger partial charge in [0, 0.05) is 22.3 Å². The van der Waals surface area contributed by atoms with Crippen LogP contribution in [0.25, 0.3) is 0 Å². The molecule has 27 heavy (non-hydrogen) atoms. The van der Waals surface area contributed by atoms with Crippen molar-refractivity contribution in [1.29, 1.82) is 0 Å².